The van der Waals surface area contributed by atoms with Crippen LogP contribution in [0.4, 0.5) is 0 Å². The predicted octanol–water partition coefficient (Wildman–Crippen LogP) is 3.09. The second kappa shape index (κ2) is 8.66. The van der Waals surface area contributed by atoms with Gasteiger partial charge < -0.3 is 15.2 Å². The van der Waals surface area contributed by atoms with Crippen LogP contribution in [0.25, 0.3) is 0 Å². The molecule has 1 fully saturated rings. The van der Waals surface area contributed by atoms with E-state index in [0.29, 0.717) is 12.3 Å². The van der Waals surface area contributed by atoms with E-state index in [-0.39, 0.29) is 54.7 Å². The number of rotatable bonds is 2. The molecule has 2 N–H and O–H groups in total. The van der Waals surface area contributed by atoms with E-state index < -0.39 is 17.7 Å². The lowest BCUT2D eigenvalue weighted by Crippen LogP contribution is -2.56. The normalized spacial score (nSPS) is 37.8. The lowest BCUT2D eigenvalue weighted by molar-refractivity contribution is -0.177. The van der Waals surface area contributed by atoms with Gasteiger partial charge in [-0.15, -0.1) is 0 Å². The van der Waals surface area contributed by atoms with E-state index in [1.54, 1.807) is 0 Å². The zero-order valence-corrected chi connectivity index (χ0v) is 18.7. The number of carbonyl (C=O) groups excluding carboxylic acids is 3. The molecule has 0 aromatic carbocycles. The smallest absolute Gasteiger partial charge is 0.307 e. The van der Waals surface area contributed by atoms with Crippen molar-refractivity contribution in [1.82, 2.24) is 5.32 Å². The number of hydrogen-bond donors (Lipinski definition) is 2. The molecular formula is C24H35NO5. The van der Waals surface area contributed by atoms with Crippen LogP contribution in [-0.4, -0.2) is 40.5 Å². The summed E-state index contributed by atoms with van der Waals surface area (Å²) in [6.45, 7) is 10.4. The van der Waals surface area contributed by atoms with Crippen LogP contribution in [0.5, 0.6) is 0 Å². The molecule has 0 aromatic rings. The number of hydrogen-bond acceptors (Lipinski definition) is 5. The van der Waals surface area contributed by atoms with Gasteiger partial charge in [0.05, 0.1) is 0 Å². The lowest BCUT2D eigenvalue weighted by atomic mass is 9.63. The van der Waals surface area contributed by atoms with Crippen molar-refractivity contribution in [1.29, 1.82) is 0 Å². The highest BCUT2D eigenvalue weighted by atomic mass is 16.6. The molecule has 0 bridgehead atoms. The van der Waals surface area contributed by atoms with E-state index in [0.717, 1.165) is 12.0 Å². The molecule has 6 unspecified atom stereocenters. The Labute approximate surface area is 179 Å². The summed E-state index contributed by atoms with van der Waals surface area (Å²) in [5.74, 6) is -1.09. The third kappa shape index (κ3) is 4.11. The van der Waals surface area contributed by atoms with Crippen LogP contribution >= 0.6 is 0 Å². The summed E-state index contributed by atoms with van der Waals surface area (Å²) in [6.07, 6.45) is 4.35. The summed E-state index contributed by atoms with van der Waals surface area (Å²) in [4.78, 5) is 38.4. The standard InChI is InChI=1S/C24H35NO5/c1-13(2)10-18-22-16(5)15(4)12-17-11-14(3)6-7-19(26)20(27)8-9-21(28)30-24(17,22)23(29)25-18/h11-13,16-18,20,22,27H,6-10H2,1-5H3,(H,25,29). The maximum atomic E-state index is 13.4. The van der Waals surface area contributed by atoms with Crippen LogP contribution in [0.2, 0.25) is 0 Å². The molecule has 6 heteroatoms. The van der Waals surface area contributed by atoms with Crippen molar-refractivity contribution in [3.8, 4) is 0 Å². The SMILES string of the molecule is CC1=CC2C=C(C)C(C)C3C(CC(C)C)NC(=O)C23OC(=O)CCC(O)C(=O)CC1. The fraction of sp³-hybridized carbons (Fsp3) is 0.708. The lowest BCUT2D eigenvalue weighted by Gasteiger charge is -2.45. The summed E-state index contributed by atoms with van der Waals surface area (Å²) in [5.41, 5.74) is 0.851. The quantitative estimate of drug-likeness (QED) is 0.532. The molecule has 1 aliphatic carbocycles. The monoisotopic (exact) mass is 417 g/mol. The van der Waals surface area contributed by atoms with Gasteiger partial charge in [0.15, 0.2) is 5.78 Å². The van der Waals surface area contributed by atoms with Crippen LogP contribution in [0.15, 0.2) is 23.3 Å². The average Bonchev–Trinajstić information content (AvgIpc) is 2.93. The Bertz CT molecular complexity index is 782. The van der Waals surface area contributed by atoms with E-state index in [4.69, 9.17) is 4.74 Å². The van der Waals surface area contributed by atoms with Gasteiger partial charge in [0, 0.05) is 30.7 Å². The third-order valence-corrected chi connectivity index (χ3v) is 7.03. The van der Waals surface area contributed by atoms with Crippen molar-refractivity contribution in [2.45, 2.75) is 84.5 Å². The maximum Gasteiger partial charge on any atom is 0.307 e. The summed E-state index contributed by atoms with van der Waals surface area (Å²) in [5, 5.41) is 13.2. The molecule has 2 aliphatic heterocycles. The first-order valence-electron chi connectivity index (χ1n) is 11.2. The van der Waals surface area contributed by atoms with E-state index in [9.17, 15) is 19.5 Å². The molecule has 0 aromatic heterocycles. The van der Waals surface area contributed by atoms with Gasteiger partial charge in [-0.3, -0.25) is 14.4 Å². The number of ether oxygens (including phenoxy) is 1. The van der Waals surface area contributed by atoms with Crippen molar-refractivity contribution in [2.75, 3.05) is 0 Å². The van der Waals surface area contributed by atoms with E-state index in [2.05, 4.69) is 39.1 Å². The minimum absolute atomic E-state index is 0.0211. The number of Topliss-reactive ketones (excluding diaryl/α,β-unsaturated/α-hetero) is 1. The first kappa shape index (κ1) is 22.7. The van der Waals surface area contributed by atoms with Gasteiger partial charge in [0.25, 0.3) is 5.91 Å². The molecule has 6 nitrogen and oxygen atoms in total. The van der Waals surface area contributed by atoms with Crippen LogP contribution in [0.1, 0.15) is 66.7 Å². The molecular weight excluding hydrogens is 382 g/mol. The Balaban J connectivity index is 2.11. The molecule has 1 spiro atoms. The minimum Gasteiger partial charge on any atom is -0.448 e. The van der Waals surface area contributed by atoms with Crippen molar-refractivity contribution in [3.05, 3.63) is 23.3 Å². The van der Waals surface area contributed by atoms with Gasteiger partial charge in [-0.05, 0) is 44.9 Å². The van der Waals surface area contributed by atoms with E-state index in [1.165, 1.54) is 5.57 Å². The highest BCUT2D eigenvalue weighted by molar-refractivity contribution is 5.92. The average molecular weight is 418 g/mol. The predicted molar refractivity (Wildman–Crippen MR) is 113 cm³/mol. The molecule has 0 radical (unpaired) electrons. The number of amides is 1. The number of aliphatic hydroxyl groups excluding tert-OH is 1. The Morgan fingerprint density at radius 1 is 1.17 bits per heavy atom. The number of nitrogens with one attached hydrogen (secondary N) is 1. The molecule has 30 heavy (non-hydrogen) atoms. The molecule has 1 amide bonds. The van der Waals surface area contributed by atoms with Gasteiger partial charge in [-0.25, -0.2) is 0 Å². The molecule has 166 valence electrons. The van der Waals surface area contributed by atoms with Crippen molar-refractivity contribution >= 4 is 17.7 Å². The van der Waals surface area contributed by atoms with Crippen LogP contribution in [0.3, 0.4) is 0 Å². The number of ketones is 1. The first-order chi connectivity index (χ1) is 14.1. The summed E-state index contributed by atoms with van der Waals surface area (Å²) in [6, 6.07) is -0.0692. The molecule has 3 aliphatic rings. The highest BCUT2D eigenvalue weighted by Crippen LogP contribution is 2.51. The van der Waals surface area contributed by atoms with Gasteiger partial charge in [-0.2, -0.15) is 0 Å². The Morgan fingerprint density at radius 3 is 2.53 bits per heavy atom. The molecule has 2 heterocycles. The van der Waals surface area contributed by atoms with Crippen molar-refractivity contribution in [3.63, 3.8) is 0 Å². The van der Waals surface area contributed by atoms with Crippen molar-refractivity contribution in [2.24, 2.45) is 23.7 Å². The fourth-order valence-electron chi connectivity index (χ4n) is 5.36. The third-order valence-electron chi connectivity index (χ3n) is 7.03. The van der Waals surface area contributed by atoms with Crippen LogP contribution in [-0.2, 0) is 19.1 Å². The highest BCUT2D eigenvalue weighted by Gasteiger charge is 2.64. The zero-order chi connectivity index (χ0) is 22.2. The fourth-order valence-corrected chi connectivity index (χ4v) is 5.36. The molecule has 1 saturated heterocycles. The first-order valence-corrected chi connectivity index (χ1v) is 11.2. The van der Waals surface area contributed by atoms with Gasteiger partial charge in [0.2, 0.25) is 5.60 Å². The van der Waals surface area contributed by atoms with Crippen LogP contribution in [0, 0.1) is 23.7 Å². The number of esters is 1. The number of carbonyl (C=O) groups is 3. The topological polar surface area (TPSA) is 92.7 Å². The van der Waals surface area contributed by atoms with Crippen molar-refractivity contribution < 1.29 is 24.2 Å². The van der Waals surface area contributed by atoms with Gasteiger partial charge in [0.1, 0.15) is 6.10 Å². The zero-order valence-electron chi connectivity index (χ0n) is 18.7. The minimum atomic E-state index is -1.29. The Hall–Kier alpha value is -1.95. The maximum absolute atomic E-state index is 13.4. The second-order valence-corrected chi connectivity index (χ2v) is 9.76. The summed E-state index contributed by atoms with van der Waals surface area (Å²) >= 11 is 0. The van der Waals surface area contributed by atoms with Gasteiger partial charge >= 0.3 is 5.97 Å². The van der Waals surface area contributed by atoms with Crippen LogP contribution < -0.4 is 5.32 Å². The van der Waals surface area contributed by atoms with Gasteiger partial charge in [-0.1, -0.05) is 44.1 Å². The summed E-state index contributed by atoms with van der Waals surface area (Å²) < 4.78 is 6.05. The largest absolute Gasteiger partial charge is 0.448 e. The van der Waals surface area contributed by atoms with E-state index >= 15 is 0 Å². The molecule has 0 saturated carbocycles. The molecule has 3 rings (SSSR count). The van der Waals surface area contributed by atoms with E-state index in [1.807, 2.05) is 13.0 Å². The number of allylic oxidation sites excluding steroid dienone is 2. The summed E-state index contributed by atoms with van der Waals surface area (Å²) in [7, 11) is 0. The number of aliphatic hydroxyl groups is 1. The Morgan fingerprint density at radius 2 is 1.87 bits per heavy atom. The Kier molecular flexibility index (Phi) is 6.56. The molecule has 6 atom stereocenters. The second-order valence-electron chi connectivity index (χ2n) is 9.76.